The van der Waals surface area contributed by atoms with E-state index in [1.54, 1.807) is 42.5 Å². The fraction of sp³-hybridized carbons (Fsp3) is 0.261. The van der Waals surface area contributed by atoms with Gasteiger partial charge in [0.05, 0.1) is 18.2 Å². The quantitative estimate of drug-likeness (QED) is 0.150. The second-order valence-electron chi connectivity index (χ2n) is 6.58. The van der Waals surface area contributed by atoms with Crippen LogP contribution in [0.15, 0.2) is 68.6 Å². The minimum atomic E-state index is -0.613. The number of nitrogens with zero attached hydrogens (tertiary/aromatic N) is 2. The molecule has 0 atom stereocenters. The van der Waals surface area contributed by atoms with E-state index >= 15 is 0 Å². The van der Waals surface area contributed by atoms with Gasteiger partial charge in [0.25, 0.3) is 0 Å². The van der Waals surface area contributed by atoms with Crippen molar-refractivity contribution in [2.45, 2.75) is 31.6 Å². The highest BCUT2D eigenvalue weighted by Crippen LogP contribution is 2.34. The van der Waals surface area contributed by atoms with Crippen LogP contribution in [0.25, 0.3) is 0 Å². The van der Waals surface area contributed by atoms with Crippen molar-refractivity contribution in [3.8, 4) is 6.07 Å². The minimum absolute atomic E-state index is 0.0466. The number of Topliss-reactive ketones (excluding diaryl/α,β-unsaturated/α-hetero) is 1. The Kier molecular flexibility index (Phi) is 9.60. The van der Waals surface area contributed by atoms with Crippen molar-refractivity contribution in [1.82, 2.24) is 0 Å². The Bertz CT molecular complexity index is 1050. The molecule has 0 saturated carbocycles. The van der Waals surface area contributed by atoms with E-state index in [-0.39, 0.29) is 31.1 Å². The topological polar surface area (TPSA) is 126 Å². The Hall–Kier alpha value is -3.48. The molecule has 1 aromatic rings. The van der Waals surface area contributed by atoms with E-state index in [9.17, 15) is 19.6 Å². The lowest BCUT2D eigenvalue weighted by molar-refractivity contribution is -0.141. The molecule has 8 nitrogen and oxygen atoms in total. The van der Waals surface area contributed by atoms with Crippen LogP contribution in [0.1, 0.15) is 37.0 Å². The molecule has 0 spiro atoms. The number of ketones is 1. The number of allylic oxidation sites excluding steroid dienone is 4. The van der Waals surface area contributed by atoms with Gasteiger partial charge >= 0.3 is 11.9 Å². The predicted molar refractivity (Wildman–Crippen MR) is 119 cm³/mol. The summed E-state index contributed by atoms with van der Waals surface area (Å²) in [6.45, 7) is 2.71. The first-order valence-corrected chi connectivity index (χ1v) is 10.5. The maximum atomic E-state index is 12.3. The highest BCUT2D eigenvalue weighted by atomic mass is 32.2. The number of carbonyl (C=O) groups is 3. The average molecular weight is 455 g/mol. The Morgan fingerprint density at radius 1 is 1.19 bits per heavy atom. The van der Waals surface area contributed by atoms with E-state index in [1.165, 1.54) is 25.6 Å². The van der Waals surface area contributed by atoms with Crippen molar-refractivity contribution in [3.63, 3.8) is 0 Å². The van der Waals surface area contributed by atoms with E-state index in [0.29, 0.717) is 28.0 Å². The molecule has 0 heterocycles. The summed E-state index contributed by atoms with van der Waals surface area (Å²) in [4.78, 5) is 41.2. The van der Waals surface area contributed by atoms with Crippen molar-refractivity contribution in [1.29, 1.82) is 5.26 Å². The molecule has 166 valence electrons. The number of esters is 1. The molecule has 32 heavy (non-hydrogen) atoms. The lowest BCUT2D eigenvalue weighted by atomic mass is 10.1. The number of carbonyl (C=O) groups excluding carboxylic acids is 3. The Morgan fingerprint density at radius 2 is 1.91 bits per heavy atom. The van der Waals surface area contributed by atoms with E-state index in [4.69, 9.17) is 9.84 Å². The number of nitriles is 1. The van der Waals surface area contributed by atoms with Crippen LogP contribution in [0.4, 0.5) is 0 Å². The second kappa shape index (κ2) is 12.4. The minimum Gasteiger partial charge on any atom is -0.462 e. The number of ether oxygens (including phenoxy) is 1. The monoisotopic (exact) mass is 454 g/mol. The summed E-state index contributed by atoms with van der Waals surface area (Å²) in [5.74, 6) is -1.47. The van der Waals surface area contributed by atoms with Gasteiger partial charge < -0.3 is 14.7 Å². The number of hydrogen-bond acceptors (Lipinski definition) is 9. The third kappa shape index (κ3) is 7.34. The van der Waals surface area contributed by atoms with E-state index in [0.717, 1.165) is 4.90 Å². The summed E-state index contributed by atoms with van der Waals surface area (Å²) >= 11 is 1.32. The standard InChI is InChI=1S/C23H22N2O6S/c1-15(25-31-16(2)27)22(28)17-6-9-20(10-7-17)32-21-11-8-18(4-5-19(21)14-24)23(29)30-13-3-12-26/h5-11,26H,3-4,12-13H2,1-2H3/b25-15+. The molecule has 0 aromatic heterocycles. The van der Waals surface area contributed by atoms with E-state index < -0.39 is 11.9 Å². The zero-order chi connectivity index (χ0) is 23.5. The maximum absolute atomic E-state index is 12.3. The molecule has 0 aliphatic heterocycles. The Balaban J connectivity index is 2.13. The van der Waals surface area contributed by atoms with Gasteiger partial charge in [-0.1, -0.05) is 29.1 Å². The lowest BCUT2D eigenvalue weighted by Gasteiger charge is -2.06. The Labute approximate surface area is 189 Å². The van der Waals surface area contributed by atoms with Crippen molar-refractivity contribution >= 4 is 35.2 Å². The molecule has 0 fully saturated rings. The predicted octanol–water partition coefficient (Wildman–Crippen LogP) is 3.49. The van der Waals surface area contributed by atoms with Gasteiger partial charge in [0.15, 0.2) is 0 Å². The molecule has 1 aliphatic rings. The van der Waals surface area contributed by atoms with Gasteiger partial charge in [-0.05, 0) is 43.7 Å². The van der Waals surface area contributed by atoms with E-state index in [1.807, 2.05) is 0 Å². The van der Waals surface area contributed by atoms with Crippen LogP contribution in [-0.2, 0) is 19.2 Å². The molecular formula is C23H22N2O6S. The highest BCUT2D eigenvalue weighted by Gasteiger charge is 2.16. The highest BCUT2D eigenvalue weighted by molar-refractivity contribution is 8.03. The zero-order valence-corrected chi connectivity index (χ0v) is 18.5. The van der Waals surface area contributed by atoms with Crippen LogP contribution in [-0.4, -0.2) is 41.8 Å². The van der Waals surface area contributed by atoms with Crippen LogP contribution in [0.2, 0.25) is 0 Å². The SMILES string of the molecule is CC(=O)O/N=C(\C)C(=O)c1ccc(SC2=CC=C(C(=O)OCCCO)CC=C2C#N)cc1. The third-order valence-electron chi connectivity index (χ3n) is 4.13. The van der Waals surface area contributed by atoms with Crippen LogP contribution >= 0.6 is 11.8 Å². The molecule has 1 aromatic carbocycles. The summed E-state index contributed by atoms with van der Waals surface area (Å²) < 4.78 is 5.10. The van der Waals surface area contributed by atoms with Crippen molar-refractivity contribution in [2.24, 2.45) is 5.16 Å². The summed E-state index contributed by atoms with van der Waals surface area (Å²) in [6, 6.07) is 8.82. The number of aliphatic hydroxyl groups excluding tert-OH is 1. The first-order chi connectivity index (χ1) is 15.3. The first kappa shape index (κ1) is 24.8. The molecule has 0 saturated heterocycles. The Morgan fingerprint density at radius 3 is 2.53 bits per heavy atom. The van der Waals surface area contributed by atoms with Gasteiger partial charge in [0, 0.05) is 40.9 Å². The fourth-order valence-electron chi connectivity index (χ4n) is 2.49. The molecule has 0 amide bonds. The lowest BCUT2D eigenvalue weighted by Crippen LogP contribution is -2.11. The molecule has 1 aliphatic carbocycles. The molecule has 0 bridgehead atoms. The second-order valence-corrected chi connectivity index (χ2v) is 7.70. The molecule has 1 N–H and O–H groups in total. The van der Waals surface area contributed by atoms with Crippen molar-refractivity contribution < 1.29 is 29.1 Å². The summed E-state index contributed by atoms with van der Waals surface area (Å²) in [6.07, 6.45) is 5.60. The van der Waals surface area contributed by atoms with E-state index in [2.05, 4.69) is 16.1 Å². The number of oxime groups is 1. The van der Waals surface area contributed by atoms with Crippen LogP contribution in [0.5, 0.6) is 0 Å². The molecule has 9 heteroatoms. The normalized spacial score (nSPS) is 13.7. The largest absolute Gasteiger partial charge is 0.462 e. The summed E-state index contributed by atoms with van der Waals surface area (Å²) in [5.41, 5.74) is 1.26. The molecule has 0 radical (unpaired) electrons. The van der Waals surface area contributed by atoms with Crippen LogP contribution < -0.4 is 0 Å². The van der Waals surface area contributed by atoms with Gasteiger partial charge in [0.1, 0.15) is 5.71 Å². The van der Waals surface area contributed by atoms with Gasteiger partial charge in [-0.3, -0.25) is 4.79 Å². The zero-order valence-electron chi connectivity index (χ0n) is 17.7. The average Bonchev–Trinajstić information content (AvgIpc) is 2.99. The molecule has 2 rings (SSSR count). The molecular weight excluding hydrogens is 432 g/mol. The maximum Gasteiger partial charge on any atom is 0.334 e. The van der Waals surface area contributed by atoms with Crippen LogP contribution in [0.3, 0.4) is 0 Å². The number of thioether (sulfide) groups is 1. The van der Waals surface area contributed by atoms with Gasteiger partial charge in [0.2, 0.25) is 5.78 Å². The number of aliphatic hydroxyl groups is 1. The first-order valence-electron chi connectivity index (χ1n) is 9.70. The van der Waals surface area contributed by atoms with Gasteiger partial charge in [-0.2, -0.15) is 5.26 Å². The summed E-state index contributed by atoms with van der Waals surface area (Å²) in [5, 5.41) is 21.8. The molecule has 0 unspecified atom stereocenters. The number of benzene rings is 1. The fourth-order valence-corrected chi connectivity index (χ4v) is 3.40. The number of hydrogen-bond donors (Lipinski definition) is 1. The summed E-state index contributed by atoms with van der Waals surface area (Å²) in [7, 11) is 0. The van der Waals surface area contributed by atoms with Crippen molar-refractivity contribution in [3.05, 3.63) is 64.1 Å². The number of rotatable bonds is 9. The van der Waals surface area contributed by atoms with Crippen molar-refractivity contribution in [2.75, 3.05) is 13.2 Å². The van der Waals surface area contributed by atoms with Crippen LogP contribution in [0, 0.1) is 11.3 Å². The third-order valence-corrected chi connectivity index (χ3v) is 5.21. The van der Waals surface area contributed by atoms with Gasteiger partial charge in [-0.15, -0.1) is 0 Å². The smallest absolute Gasteiger partial charge is 0.334 e. The van der Waals surface area contributed by atoms with Gasteiger partial charge in [-0.25, -0.2) is 9.59 Å².